The molecule has 0 atom stereocenters. The summed E-state index contributed by atoms with van der Waals surface area (Å²) in [5, 5.41) is 4.04. The minimum Gasteiger partial charge on any atom is -0.354 e. The minimum atomic E-state index is -3.98. The second-order valence-electron chi connectivity index (χ2n) is 7.12. The van der Waals surface area contributed by atoms with E-state index in [1.165, 1.54) is 11.8 Å². The molecule has 32 heavy (non-hydrogen) atoms. The van der Waals surface area contributed by atoms with E-state index >= 15 is 0 Å². The van der Waals surface area contributed by atoms with Crippen molar-refractivity contribution in [1.29, 1.82) is 0 Å². The maximum Gasteiger partial charge on any atom is 0.264 e. The second-order valence-corrected chi connectivity index (χ2v) is 10.5. The molecule has 0 unspecified atom stereocenters. The van der Waals surface area contributed by atoms with Crippen molar-refractivity contribution >= 4 is 45.0 Å². The molecule has 168 valence electrons. The van der Waals surface area contributed by atoms with E-state index in [-0.39, 0.29) is 11.4 Å². The number of aryl methyl sites for hydroxylation is 2. The summed E-state index contributed by atoms with van der Waals surface area (Å²) in [6.45, 7) is 3.69. The van der Waals surface area contributed by atoms with Crippen molar-refractivity contribution in [2.24, 2.45) is 0 Å². The number of carbonyl (C=O) groups excluding carboxylic acids is 1. The highest BCUT2D eigenvalue weighted by Gasteiger charge is 2.28. The van der Waals surface area contributed by atoms with Crippen molar-refractivity contribution in [3.63, 3.8) is 0 Å². The van der Waals surface area contributed by atoms with Crippen LogP contribution in [0.2, 0.25) is 5.02 Å². The zero-order valence-corrected chi connectivity index (χ0v) is 20.2. The molecule has 0 fully saturated rings. The van der Waals surface area contributed by atoms with Gasteiger partial charge < -0.3 is 5.32 Å². The summed E-state index contributed by atoms with van der Waals surface area (Å²) >= 11 is 7.65. The third-order valence-corrected chi connectivity index (χ3v) is 7.60. The number of thioether (sulfide) groups is 1. The third kappa shape index (κ3) is 6.25. The standard InChI is InChI=1S/C23H24ClN3O3S2/c1-17-6-10-20(11-7-17)32(29,30)27(21-15-19(24)9-8-18(21)2)16-22(28)25-13-14-31-23-5-3-4-12-26-23/h3-12,15H,13-14,16H2,1-2H3,(H,25,28). The summed E-state index contributed by atoms with van der Waals surface area (Å²) in [7, 11) is -3.98. The number of amides is 1. The Kier molecular flexibility index (Phi) is 8.17. The van der Waals surface area contributed by atoms with Crippen molar-refractivity contribution in [2.45, 2.75) is 23.8 Å². The van der Waals surface area contributed by atoms with E-state index < -0.39 is 15.9 Å². The lowest BCUT2D eigenvalue weighted by atomic mass is 10.2. The number of benzene rings is 2. The van der Waals surface area contributed by atoms with Crippen LogP contribution in [0.5, 0.6) is 0 Å². The van der Waals surface area contributed by atoms with Gasteiger partial charge in [-0.05, 0) is 55.8 Å². The van der Waals surface area contributed by atoms with Gasteiger partial charge in [-0.25, -0.2) is 13.4 Å². The largest absolute Gasteiger partial charge is 0.354 e. The number of hydrogen-bond acceptors (Lipinski definition) is 5. The quantitative estimate of drug-likeness (QED) is 0.354. The number of pyridine rings is 1. The number of carbonyl (C=O) groups is 1. The Morgan fingerprint density at radius 3 is 2.53 bits per heavy atom. The molecule has 0 radical (unpaired) electrons. The van der Waals surface area contributed by atoms with Gasteiger partial charge in [-0.3, -0.25) is 9.10 Å². The van der Waals surface area contributed by atoms with Gasteiger partial charge in [0.1, 0.15) is 6.54 Å². The summed E-state index contributed by atoms with van der Waals surface area (Å²) in [5.74, 6) is 0.214. The summed E-state index contributed by atoms with van der Waals surface area (Å²) in [6, 6.07) is 17.1. The van der Waals surface area contributed by atoms with Gasteiger partial charge in [0.2, 0.25) is 5.91 Å². The highest BCUT2D eigenvalue weighted by atomic mass is 35.5. The third-order valence-electron chi connectivity index (χ3n) is 4.65. The number of anilines is 1. The monoisotopic (exact) mass is 489 g/mol. The van der Waals surface area contributed by atoms with E-state index in [0.29, 0.717) is 28.6 Å². The molecule has 1 N–H and O–H groups in total. The lowest BCUT2D eigenvalue weighted by Crippen LogP contribution is -2.41. The van der Waals surface area contributed by atoms with Crippen LogP contribution in [0.15, 0.2) is 76.8 Å². The lowest BCUT2D eigenvalue weighted by Gasteiger charge is -2.26. The number of nitrogens with one attached hydrogen (secondary N) is 1. The molecular weight excluding hydrogens is 466 g/mol. The van der Waals surface area contributed by atoms with Gasteiger partial charge >= 0.3 is 0 Å². The van der Waals surface area contributed by atoms with E-state index in [1.54, 1.807) is 55.6 Å². The van der Waals surface area contributed by atoms with Crippen molar-refractivity contribution < 1.29 is 13.2 Å². The van der Waals surface area contributed by atoms with Gasteiger partial charge in [0.15, 0.2) is 0 Å². The Hall–Kier alpha value is -2.55. The molecule has 2 aromatic carbocycles. The van der Waals surface area contributed by atoms with Crippen LogP contribution in [-0.2, 0) is 14.8 Å². The lowest BCUT2D eigenvalue weighted by molar-refractivity contribution is -0.119. The van der Waals surface area contributed by atoms with Gasteiger partial charge in [0.25, 0.3) is 10.0 Å². The van der Waals surface area contributed by atoms with E-state index in [2.05, 4.69) is 10.3 Å². The van der Waals surface area contributed by atoms with Crippen LogP contribution in [0, 0.1) is 13.8 Å². The zero-order valence-electron chi connectivity index (χ0n) is 17.8. The molecular formula is C23H24ClN3O3S2. The van der Waals surface area contributed by atoms with Crippen molar-refractivity contribution in [1.82, 2.24) is 10.3 Å². The fourth-order valence-corrected chi connectivity index (χ4v) is 5.32. The second kappa shape index (κ2) is 10.8. The molecule has 1 amide bonds. The van der Waals surface area contributed by atoms with Crippen molar-refractivity contribution in [3.8, 4) is 0 Å². The van der Waals surface area contributed by atoms with Gasteiger partial charge in [-0.15, -0.1) is 11.8 Å². The maximum atomic E-state index is 13.4. The molecule has 0 bridgehead atoms. The topological polar surface area (TPSA) is 79.4 Å². The van der Waals surface area contributed by atoms with Gasteiger partial charge in [-0.2, -0.15) is 0 Å². The van der Waals surface area contributed by atoms with Gasteiger partial charge in [0.05, 0.1) is 15.6 Å². The number of sulfonamides is 1. The smallest absolute Gasteiger partial charge is 0.264 e. The Morgan fingerprint density at radius 1 is 1.09 bits per heavy atom. The Bertz CT molecular complexity index is 1170. The summed E-state index contributed by atoms with van der Waals surface area (Å²) in [6.07, 6.45) is 1.71. The van der Waals surface area contributed by atoms with Crippen LogP contribution < -0.4 is 9.62 Å². The normalized spacial score (nSPS) is 11.2. The molecule has 0 aliphatic heterocycles. The molecule has 6 nitrogen and oxygen atoms in total. The molecule has 3 rings (SSSR count). The van der Waals surface area contributed by atoms with Crippen LogP contribution in [0.1, 0.15) is 11.1 Å². The van der Waals surface area contributed by atoms with E-state index in [0.717, 1.165) is 14.9 Å². The Labute approximate surface area is 198 Å². The van der Waals surface area contributed by atoms with Gasteiger partial charge in [-0.1, -0.05) is 41.4 Å². The SMILES string of the molecule is Cc1ccc(S(=O)(=O)N(CC(=O)NCCSc2ccccn2)c2cc(Cl)ccc2C)cc1. The first kappa shape index (κ1) is 24.1. The first-order valence-electron chi connectivity index (χ1n) is 9.93. The first-order valence-corrected chi connectivity index (χ1v) is 12.7. The fourth-order valence-electron chi connectivity index (χ4n) is 2.95. The number of hydrogen-bond donors (Lipinski definition) is 1. The molecule has 0 saturated heterocycles. The number of halogens is 1. The predicted octanol–water partition coefficient (Wildman–Crippen LogP) is 4.46. The Morgan fingerprint density at radius 2 is 1.84 bits per heavy atom. The molecule has 0 aliphatic rings. The minimum absolute atomic E-state index is 0.112. The molecule has 0 aliphatic carbocycles. The average Bonchev–Trinajstić information content (AvgIpc) is 2.78. The van der Waals surface area contributed by atoms with Crippen LogP contribution in [0.3, 0.4) is 0 Å². The predicted molar refractivity (Wildman–Crippen MR) is 130 cm³/mol. The van der Waals surface area contributed by atoms with E-state index in [4.69, 9.17) is 11.6 Å². The zero-order chi connectivity index (χ0) is 23.1. The number of nitrogens with zero attached hydrogens (tertiary/aromatic N) is 2. The highest BCUT2D eigenvalue weighted by molar-refractivity contribution is 7.99. The van der Waals surface area contributed by atoms with Crippen molar-refractivity contribution in [2.75, 3.05) is 23.1 Å². The van der Waals surface area contributed by atoms with Crippen molar-refractivity contribution in [3.05, 3.63) is 83.0 Å². The van der Waals surface area contributed by atoms with Crippen LogP contribution in [0.4, 0.5) is 5.69 Å². The van der Waals surface area contributed by atoms with Gasteiger partial charge in [0, 0.05) is 23.5 Å². The number of rotatable bonds is 9. The summed E-state index contributed by atoms with van der Waals surface area (Å²) < 4.78 is 28.0. The summed E-state index contributed by atoms with van der Waals surface area (Å²) in [5.41, 5.74) is 2.01. The Balaban J connectivity index is 1.77. The molecule has 1 heterocycles. The fraction of sp³-hybridized carbons (Fsp3) is 0.217. The highest BCUT2D eigenvalue weighted by Crippen LogP contribution is 2.29. The average molecular weight is 490 g/mol. The first-order chi connectivity index (χ1) is 15.3. The van der Waals surface area contributed by atoms with Crippen LogP contribution in [-0.4, -0.2) is 38.2 Å². The molecule has 1 aromatic heterocycles. The molecule has 3 aromatic rings. The van der Waals surface area contributed by atoms with E-state index in [1.807, 2.05) is 25.1 Å². The molecule has 9 heteroatoms. The maximum absolute atomic E-state index is 13.4. The molecule has 0 spiro atoms. The van der Waals surface area contributed by atoms with E-state index in [9.17, 15) is 13.2 Å². The molecule has 0 saturated carbocycles. The van der Waals surface area contributed by atoms with Crippen LogP contribution >= 0.6 is 23.4 Å². The number of aromatic nitrogens is 1. The van der Waals surface area contributed by atoms with Crippen LogP contribution in [0.25, 0.3) is 0 Å². The summed E-state index contributed by atoms with van der Waals surface area (Å²) in [4.78, 5) is 17.0.